The normalized spacial score (nSPS) is 19.4. The summed E-state index contributed by atoms with van der Waals surface area (Å²) in [6.07, 6.45) is 0. The van der Waals surface area contributed by atoms with Crippen molar-refractivity contribution in [3.8, 4) is 0 Å². The molecule has 3 atom stereocenters. The van der Waals surface area contributed by atoms with E-state index in [1.807, 2.05) is 85.8 Å². The van der Waals surface area contributed by atoms with Gasteiger partial charge in [-0.1, -0.05) is 105 Å². The van der Waals surface area contributed by atoms with Crippen LogP contribution in [0, 0.1) is 12.8 Å². The minimum absolute atomic E-state index is 0.213. The molecule has 1 fully saturated rings. The van der Waals surface area contributed by atoms with Gasteiger partial charge in [-0.3, -0.25) is 23.7 Å². The molecule has 1 N–H and O–H groups in total. The molecule has 1 saturated heterocycles. The third-order valence-corrected chi connectivity index (χ3v) is 11.1. The highest BCUT2D eigenvalue weighted by Gasteiger charge is 2.56. The number of nitrogens with zero attached hydrogens (tertiary/aromatic N) is 2. The molecule has 3 amide bonds. The van der Waals surface area contributed by atoms with Crippen molar-refractivity contribution in [1.82, 2.24) is 4.57 Å². The number of hydrogen-bond donors (Lipinski definition) is 1. The second kappa shape index (κ2) is 10.9. The molecule has 214 valence electrons. The van der Waals surface area contributed by atoms with Gasteiger partial charge in [0.25, 0.3) is 0 Å². The summed E-state index contributed by atoms with van der Waals surface area (Å²) in [6.45, 7) is 1.74. The first-order chi connectivity index (χ1) is 20.8. The molecule has 2 aliphatic rings. The van der Waals surface area contributed by atoms with Gasteiger partial charge in [-0.2, -0.15) is 0 Å². The lowest BCUT2D eigenvalue weighted by Gasteiger charge is -2.30. The van der Waals surface area contributed by atoms with E-state index in [0.717, 1.165) is 37.7 Å². The van der Waals surface area contributed by atoms with Gasteiger partial charge in [0, 0.05) is 26.3 Å². The molecule has 43 heavy (non-hydrogen) atoms. The first kappa shape index (κ1) is 27.8. The van der Waals surface area contributed by atoms with Gasteiger partial charge in [0.1, 0.15) is 11.8 Å². The van der Waals surface area contributed by atoms with E-state index in [1.54, 1.807) is 12.1 Å². The van der Waals surface area contributed by atoms with Gasteiger partial charge in [-0.25, -0.2) is 4.90 Å². The Bertz CT molecular complexity index is 1980. The van der Waals surface area contributed by atoms with Crippen molar-refractivity contribution in [1.29, 1.82) is 0 Å². The summed E-state index contributed by atoms with van der Waals surface area (Å²) >= 11 is 5.73. The zero-order valence-corrected chi connectivity index (χ0v) is 26.0. The monoisotopic (exact) mass is 669 g/mol. The average Bonchev–Trinajstić information content (AvgIpc) is 3.44. The van der Waals surface area contributed by atoms with Crippen LogP contribution in [0.3, 0.4) is 0 Å². The quantitative estimate of drug-likeness (QED) is 0.214. The molecule has 10 heteroatoms. The van der Waals surface area contributed by atoms with E-state index in [-0.39, 0.29) is 29.1 Å². The van der Waals surface area contributed by atoms with E-state index in [4.69, 9.17) is 0 Å². The molecule has 7 nitrogen and oxygen atoms in total. The Kier molecular flexibility index (Phi) is 7.07. The van der Waals surface area contributed by atoms with Crippen LogP contribution in [0.15, 0.2) is 105 Å². The standard InChI is InChI=1S/C33H24BrN3O4S2/c1-18-9-15-22(16-10-18)37-30(39)27-26(20-11-13-21(34)14-12-20)29-32(42-28(27)31(37)40)36(33(41)43-29)17-25(38)35-24-8-4-6-19-5-2-3-7-23(19)24/h2-16,26-28H,17H2,1H3,(H,35,38)/t26-,27-,28+/m0/s1. The van der Waals surface area contributed by atoms with Crippen LogP contribution in [0.4, 0.5) is 11.4 Å². The fraction of sp³-hybridized carbons (Fsp3) is 0.152. The largest absolute Gasteiger partial charge is 0.324 e. The lowest BCUT2D eigenvalue weighted by Crippen LogP contribution is -2.33. The summed E-state index contributed by atoms with van der Waals surface area (Å²) in [5, 5.41) is 4.68. The molecule has 0 unspecified atom stereocenters. The van der Waals surface area contributed by atoms with E-state index in [0.29, 0.717) is 21.3 Å². The number of thioether (sulfide) groups is 1. The molecule has 0 spiro atoms. The Hall–Kier alpha value is -3.99. The first-order valence-electron chi connectivity index (χ1n) is 13.7. The van der Waals surface area contributed by atoms with Crippen LogP contribution in [0.2, 0.25) is 0 Å². The predicted molar refractivity (Wildman–Crippen MR) is 174 cm³/mol. The molecule has 3 heterocycles. The van der Waals surface area contributed by atoms with Crippen molar-refractivity contribution in [3.63, 3.8) is 0 Å². The molecule has 0 radical (unpaired) electrons. The number of hydrogen-bond acceptors (Lipinski definition) is 6. The van der Waals surface area contributed by atoms with Crippen LogP contribution < -0.4 is 15.1 Å². The van der Waals surface area contributed by atoms with Crippen LogP contribution in [-0.2, 0) is 20.9 Å². The van der Waals surface area contributed by atoms with Crippen LogP contribution in [0.25, 0.3) is 10.8 Å². The Morgan fingerprint density at radius 2 is 1.60 bits per heavy atom. The van der Waals surface area contributed by atoms with Crippen molar-refractivity contribution in [2.45, 2.75) is 29.7 Å². The second-order valence-corrected chi connectivity index (χ2v) is 13.7. The maximum atomic E-state index is 14.0. The van der Waals surface area contributed by atoms with E-state index < -0.39 is 17.1 Å². The fourth-order valence-corrected chi connectivity index (χ4v) is 8.94. The maximum Gasteiger partial charge on any atom is 0.308 e. The molecule has 0 bridgehead atoms. The Morgan fingerprint density at radius 3 is 2.37 bits per heavy atom. The molecular formula is C33H24BrN3O4S2. The molecule has 7 rings (SSSR count). The molecule has 1 aromatic heterocycles. The van der Waals surface area contributed by atoms with Crippen molar-refractivity contribution in [2.75, 3.05) is 10.2 Å². The molecular weight excluding hydrogens is 646 g/mol. The van der Waals surface area contributed by atoms with Crippen LogP contribution in [0.5, 0.6) is 0 Å². The molecule has 0 saturated carbocycles. The highest BCUT2D eigenvalue weighted by Crippen LogP contribution is 2.54. The summed E-state index contributed by atoms with van der Waals surface area (Å²) in [5.74, 6) is -2.16. The number of benzene rings is 4. The van der Waals surface area contributed by atoms with Gasteiger partial charge >= 0.3 is 4.87 Å². The van der Waals surface area contributed by atoms with E-state index in [9.17, 15) is 19.2 Å². The van der Waals surface area contributed by atoms with Crippen molar-refractivity contribution in [3.05, 3.63) is 121 Å². The number of rotatable bonds is 5. The Labute approximate surface area is 263 Å². The number of aryl methyl sites for hydroxylation is 1. The van der Waals surface area contributed by atoms with Gasteiger partial charge in [0.15, 0.2) is 0 Å². The number of anilines is 2. The maximum absolute atomic E-state index is 14.0. The van der Waals surface area contributed by atoms with Crippen LogP contribution >= 0.6 is 39.0 Å². The number of carbonyl (C=O) groups excluding carboxylic acids is 3. The molecule has 0 aliphatic carbocycles. The third kappa shape index (κ3) is 4.83. The zero-order chi connectivity index (χ0) is 29.8. The number of imide groups is 1. The van der Waals surface area contributed by atoms with Crippen molar-refractivity contribution < 1.29 is 14.4 Å². The predicted octanol–water partition coefficient (Wildman–Crippen LogP) is 6.57. The number of fused-ring (bicyclic) bond motifs is 3. The minimum atomic E-state index is -0.740. The third-order valence-electron chi connectivity index (χ3n) is 7.94. The number of carbonyl (C=O) groups is 3. The summed E-state index contributed by atoms with van der Waals surface area (Å²) in [5.41, 5.74) is 3.04. The summed E-state index contributed by atoms with van der Waals surface area (Å²) in [7, 11) is 0. The minimum Gasteiger partial charge on any atom is -0.324 e. The number of halogens is 1. The zero-order valence-electron chi connectivity index (χ0n) is 22.8. The second-order valence-electron chi connectivity index (χ2n) is 10.6. The summed E-state index contributed by atoms with van der Waals surface area (Å²) in [4.78, 5) is 56.4. The Morgan fingerprint density at radius 1 is 0.884 bits per heavy atom. The van der Waals surface area contributed by atoms with Crippen LogP contribution in [-0.4, -0.2) is 27.5 Å². The number of aromatic nitrogens is 1. The van der Waals surface area contributed by atoms with E-state index >= 15 is 0 Å². The van der Waals surface area contributed by atoms with Crippen molar-refractivity contribution in [2.24, 2.45) is 5.92 Å². The molecule has 4 aromatic carbocycles. The van der Waals surface area contributed by atoms with Gasteiger partial charge in [-0.15, -0.1) is 0 Å². The van der Waals surface area contributed by atoms with Gasteiger partial charge in [-0.05, 0) is 48.2 Å². The molecule has 5 aromatic rings. The highest BCUT2D eigenvalue weighted by atomic mass is 79.9. The first-order valence-corrected chi connectivity index (χ1v) is 16.2. The van der Waals surface area contributed by atoms with E-state index in [2.05, 4.69) is 21.2 Å². The number of nitrogens with one attached hydrogen (secondary N) is 1. The van der Waals surface area contributed by atoms with Gasteiger partial charge < -0.3 is 5.32 Å². The average molecular weight is 671 g/mol. The topological polar surface area (TPSA) is 88.5 Å². The van der Waals surface area contributed by atoms with Crippen LogP contribution in [0.1, 0.15) is 21.9 Å². The Balaban J connectivity index is 1.28. The van der Waals surface area contributed by atoms with Gasteiger partial charge in [0.2, 0.25) is 17.7 Å². The lowest BCUT2D eigenvalue weighted by molar-refractivity contribution is -0.122. The fourth-order valence-electron chi connectivity index (χ4n) is 5.90. The summed E-state index contributed by atoms with van der Waals surface area (Å²) < 4.78 is 2.32. The smallest absolute Gasteiger partial charge is 0.308 e. The molecule has 2 aliphatic heterocycles. The number of amides is 3. The van der Waals surface area contributed by atoms with E-state index in [1.165, 1.54) is 21.2 Å². The van der Waals surface area contributed by atoms with Crippen molar-refractivity contribution >= 4 is 78.9 Å². The van der Waals surface area contributed by atoms with Gasteiger partial charge in [0.05, 0.1) is 16.6 Å². The highest BCUT2D eigenvalue weighted by molar-refractivity contribution is 9.10. The number of thiazole rings is 1. The SMILES string of the molecule is Cc1ccc(N2C(=O)[C@H]3[C@H](c4ccc(Br)cc4)c4sc(=O)n(CC(=O)Nc5cccc6ccccc56)c4S[C@H]3C2=O)cc1. The lowest BCUT2D eigenvalue weighted by atomic mass is 9.83. The summed E-state index contributed by atoms with van der Waals surface area (Å²) in [6, 6.07) is 28.4.